The minimum atomic E-state index is 0.0486. The molecule has 1 aliphatic rings. The smallest absolute Gasteiger partial charge is 0.227 e. The molecule has 2 rings (SSSR count). The molecule has 2 heterocycles. The van der Waals surface area contributed by atoms with Gasteiger partial charge in [0.2, 0.25) is 5.91 Å². The van der Waals surface area contributed by atoms with Gasteiger partial charge in [0.05, 0.1) is 5.69 Å². The van der Waals surface area contributed by atoms with E-state index in [1.54, 1.807) is 17.2 Å². The van der Waals surface area contributed by atoms with Crippen LogP contribution in [0.15, 0.2) is 16.7 Å². The maximum absolute atomic E-state index is 11.8. The normalized spacial score (nSPS) is 20.6. The number of carbonyl (C=O) groups is 1. The molecule has 1 atom stereocenters. The van der Waals surface area contributed by atoms with Crippen LogP contribution in [-0.2, 0) is 4.79 Å². The second-order valence-corrected chi connectivity index (χ2v) is 5.27. The Labute approximate surface area is 112 Å². The minimum Gasteiger partial charge on any atom is -0.309 e. The number of halogens is 3. The number of carbonyl (C=O) groups excluding carboxylic acids is 1. The van der Waals surface area contributed by atoms with E-state index in [9.17, 15) is 4.79 Å². The van der Waals surface area contributed by atoms with Gasteiger partial charge in [-0.2, -0.15) is 0 Å². The van der Waals surface area contributed by atoms with Crippen molar-refractivity contribution in [2.24, 2.45) is 5.92 Å². The lowest BCUT2D eigenvalue weighted by Crippen LogP contribution is -2.25. The topological polar surface area (TPSA) is 33.2 Å². The molecule has 0 aromatic carbocycles. The van der Waals surface area contributed by atoms with Gasteiger partial charge in [-0.05, 0) is 27.9 Å². The SMILES string of the molecule is O=C1CC(CCl)CN1c1cc(Br)cnc1Cl. The summed E-state index contributed by atoms with van der Waals surface area (Å²) in [6, 6.07) is 1.80. The third kappa shape index (κ3) is 2.34. The maximum Gasteiger partial charge on any atom is 0.227 e. The first kappa shape index (κ1) is 12.1. The van der Waals surface area contributed by atoms with Gasteiger partial charge in [0.1, 0.15) is 0 Å². The predicted octanol–water partition coefficient (Wildman–Crippen LogP) is 3.09. The molecule has 16 heavy (non-hydrogen) atoms. The highest BCUT2D eigenvalue weighted by Crippen LogP contribution is 2.32. The molecule has 0 N–H and O–H groups in total. The summed E-state index contributed by atoms with van der Waals surface area (Å²) in [4.78, 5) is 17.4. The van der Waals surface area contributed by atoms with Crippen LogP contribution < -0.4 is 4.90 Å². The van der Waals surface area contributed by atoms with Crippen LogP contribution in [-0.4, -0.2) is 23.3 Å². The second kappa shape index (κ2) is 4.90. The van der Waals surface area contributed by atoms with E-state index in [2.05, 4.69) is 20.9 Å². The number of hydrogen-bond donors (Lipinski definition) is 0. The van der Waals surface area contributed by atoms with Crippen molar-refractivity contribution < 1.29 is 4.79 Å². The Morgan fingerprint density at radius 3 is 3.00 bits per heavy atom. The Bertz CT molecular complexity index is 427. The molecule has 3 nitrogen and oxygen atoms in total. The third-order valence-corrected chi connectivity index (χ3v) is 3.66. The minimum absolute atomic E-state index is 0.0486. The molecule has 1 unspecified atom stereocenters. The zero-order valence-electron chi connectivity index (χ0n) is 8.29. The highest BCUT2D eigenvalue weighted by Gasteiger charge is 2.31. The summed E-state index contributed by atoms with van der Waals surface area (Å²) in [7, 11) is 0. The summed E-state index contributed by atoms with van der Waals surface area (Å²) in [5, 5.41) is 0.340. The van der Waals surface area contributed by atoms with E-state index in [1.165, 1.54) is 0 Å². The third-order valence-electron chi connectivity index (χ3n) is 2.50. The van der Waals surface area contributed by atoms with Crippen LogP contribution in [0.3, 0.4) is 0 Å². The molecule has 0 spiro atoms. The standard InChI is InChI=1S/C10H9BrCl2N2O/c11-7-2-8(10(13)14-4-7)15-5-6(3-12)1-9(15)16/h2,4,6H,1,3,5H2. The molecule has 0 saturated carbocycles. The van der Waals surface area contributed by atoms with Crippen LogP contribution in [0.25, 0.3) is 0 Å². The van der Waals surface area contributed by atoms with Crippen molar-refractivity contribution in [2.45, 2.75) is 6.42 Å². The Morgan fingerprint density at radius 1 is 1.62 bits per heavy atom. The molecule has 1 aromatic rings. The van der Waals surface area contributed by atoms with Gasteiger partial charge in [-0.1, -0.05) is 11.6 Å². The van der Waals surface area contributed by atoms with Gasteiger partial charge in [-0.3, -0.25) is 4.79 Å². The lowest BCUT2D eigenvalue weighted by Gasteiger charge is -2.17. The summed E-state index contributed by atoms with van der Waals surface area (Å²) < 4.78 is 0.800. The van der Waals surface area contributed by atoms with Crippen molar-refractivity contribution in [3.05, 3.63) is 21.9 Å². The van der Waals surface area contributed by atoms with Crippen molar-refractivity contribution in [1.29, 1.82) is 0 Å². The molecule has 6 heteroatoms. The lowest BCUT2D eigenvalue weighted by molar-refractivity contribution is -0.117. The Kier molecular flexibility index (Phi) is 3.72. The first-order chi connectivity index (χ1) is 7.61. The summed E-state index contributed by atoms with van der Waals surface area (Å²) >= 11 is 15.0. The number of pyridine rings is 1. The summed E-state index contributed by atoms with van der Waals surface area (Å²) in [5.74, 6) is 0.734. The second-order valence-electron chi connectivity index (χ2n) is 3.69. The van der Waals surface area contributed by atoms with Gasteiger partial charge < -0.3 is 4.90 Å². The number of alkyl halides is 1. The number of rotatable bonds is 2. The first-order valence-electron chi connectivity index (χ1n) is 4.79. The average Bonchev–Trinajstić information content (AvgIpc) is 2.63. The summed E-state index contributed by atoms with van der Waals surface area (Å²) in [6.45, 7) is 0.611. The molecule has 1 saturated heterocycles. The molecule has 1 fully saturated rings. The number of amides is 1. The van der Waals surface area contributed by atoms with Crippen molar-refractivity contribution in [3.63, 3.8) is 0 Å². The molecular weight excluding hydrogens is 315 g/mol. The van der Waals surface area contributed by atoms with Crippen LogP contribution in [0.4, 0.5) is 5.69 Å². The van der Waals surface area contributed by atoms with E-state index in [0.29, 0.717) is 29.7 Å². The molecule has 0 radical (unpaired) electrons. The van der Waals surface area contributed by atoms with Crippen molar-refractivity contribution in [2.75, 3.05) is 17.3 Å². The predicted molar refractivity (Wildman–Crippen MR) is 68.1 cm³/mol. The molecule has 1 amide bonds. The lowest BCUT2D eigenvalue weighted by atomic mass is 10.1. The summed E-state index contributed by atoms with van der Waals surface area (Å²) in [6.07, 6.45) is 2.08. The largest absolute Gasteiger partial charge is 0.309 e. The zero-order chi connectivity index (χ0) is 11.7. The van der Waals surface area contributed by atoms with Gasteiger partial charge in [0, 0.05) is 29.5 Å². The van der Waals surface area contributed by atoms with Gasteiger partial charge in [0.15, 0.2) is 5.15 Å². The fourth-order valence-corrected chi connectivity index (χ4v) is 2.45. The molecule has 1 aliphatic heterocycles. The maximum atomic E-state index is 11.8. The molecule has 86 valence electrons. The zero-order valence-corrected chi connectivity index (χ0v) is 11.4. The Balaban J connectivity index is 2.30. The van der Waals surface area contributed by atoms with Crippen molar-refractivity contribution >= 4 is 50.7 Å². The van der Waals surface area contributed by atoms with E-state index in [-0.39, 0.29) is 11.8 Å². The fourth-order valence-electron chi connectivity index (χ4n) is 1.72. The van der Waals surface area contributed by atoms with Gasteiger partial charge in [-0.15, -0.1) is 11.6 Å². The van der Waals surface area contributed by atoms with Gasteiger partial charge in [-0.25, -0.2) is 4.98 Å². The van der Waals surface area contributed by atoms with Crippen LogP contribution >= 0.6 is 39.1 Å². The van der Waals surface area contributed by atoms with E-state index in [1.807, 2.05) is 0 Å². The molecular formula is C10H9BrCl2N2O. The summed E-state index contributed by atoms with van der Waals surface area (Å²) in [5.41, 5.74) is 0.647. The van der Waals surface area contributed by atoms with Crippen LogP contribution in [0.2, 0.25) is 5.15 Å². The van der Waals surface area contributed by atoms with Gasteiger partial charge >= 0.3 is 0 Å². The van der Waals surface area contributed by atoms with E-state index in [4.69, 9.17) is 23.2 Å². The monoisotopic (exact) mass is 322 g/mol. The molecule has 0 bridgehead atoms. The number of aromatic nitrogens is 1. The van der Waals surface area contributed by atoms with Crippen LogP contribution in [0, 0.1) is 5.92 Å². The Morgan fingerprint density at radius 2 is 2.38 bits per heavy atom. The number of hydrogen-bond acceptors (Lipinski definition) is 2. The quantitative estimate of drug-likeness (QED) is 0.619. The average molecular weight is 324 g/mol. The van der Waals surface area contributed by atoms with Gasteiger partial charge in [0.25, 0.3) is 0 Å². The molecule has 1 aromatic heterocycles. The van der Waals surface area contributed by atoms with Crippen molar-refractivity contribution in [3.8, 4) is 0 Å². The fraction of sp³-hybridized carbons (Fsp3) is 0.400. The van der Waals surface area contributed by atoms with Crippen molar-refractivity contribution in [1.82, 2.24) is 4.98 Å². The number of anilines is 1. The number of nitrogens with zero attached hydrogens (tertiary/aromatic N) is 2. The highest BCUT2D eigenvalue weighted by atomic mass is 79.9. The first-order valence-corrected chi connectivity index (χ1v) is 6.49. The van der Waals surface area contributed by atoms with E-state index >= 15 is 0 Å². The molecule has 0 aliphatic carbocycles. The van der Waals surface area contributed by atoms with E-state index in [0.717, 1.165) is 4.47 Å². The highest BCUT2D eigenvalue weighted by molar-refractivity contribution is 9.10. The van der Waals surface area contributed by atoms with E-state index < -0.39 is 0 Å². The van der Waals surface area contributed by atoms with Crippen LogP contribution in [0.5, 0.6) is 0 Å². The van der Waals surface area contributed by atoms with Crippen LogP contribution in [0.1, 0.15) is 6.42 Å². The Hall–Kier alpha value is -0.320.